The summed E-state index contributed by atoms with van der Waals surface area (Å²) < 4.78 is 5.47. The smallest absolute Gasteiger partial charge is 0.124 e. The highest BCUT2D eigenvalue weighted by Crippen LogP contribution is 2.28. The number of aryl methyl sites for hydroxylation is 2. The maximum absolute atomic E-state index is 5.47. The molecule has 1 atom stereocenters. The van der Waals surface area contributed by atoms with E-state index in [4.69, 9.17) is 4.74 Å². The molecule has 2 heteroatoms. The van der Waals surface area contributed by atoms with Crippen LogP contribution in [-0.2, 0) is 6.42 Å². The molecule has 112 valence electrons. The Morgan fingerprint density at radius 1 is 1.10 bits per heavy atom. The number of hydrogen-bond donors (Lipinski definition) is 1. The molecule has 1 unspecified atom stereocenters. The van der Waals surface area contributed by atoms with E-state index in [0.29, 0.717) is 0 Å². The predicted molar refractivity (Wildman–Crippen MR) is 90.2 cm³/mol. The van der Waals surface area contributed by atoms with Crippen LogP contribution in [0.2, 0.25) is 0 Å². The second-order valence-electron chi connectivity index (χ2n) is 5.56. The molecule has 2 aromatic rings. The lowest BCUT2D eigenvalue weighted by Gasteiger charge is -2.19. The lowest BCUT2D eigenvalue weighted by molar-refractivity contribution is 0.408. The zero-order valence-electron chi connectivity index (χ0n) is 13.4. The Bertz CT molecular complexity index is 575. The van der Waals surface area contributed by atoms with Gasteiger partial charge in [0.05, 0.1) is 13.2 Å². The molecule has 0 heterocycles. The highest BCUT2D eigenvalue weighted by Gasteiger charge is 2.11. The van der Waals surface area contributed by atoms with E-state index in [1.165, 1.54) is 23.1 Å². The Morgan fingerprint density at radius 2 is 1.81 bits per heavy atom. The molecule has 0 aromatic heterocycles. The van der Waals surface area contributed by atoms with Gasteiger partial charge in [-0.25, -0.2) is 0 Å². The molecule has 0 saturated heterocycles. The van der Waals surface area contributed by atoms with Crippen LogP contribution in [0.25, 0.3) is 0 Å². The first-order chi connectivity index (χ1) is 10.1. The Labute approximate surface area is 128 Å². The molecule has 0 amide bonds. The van der Waals surface area contributed by atoms with Crippen LogP contribution in [0.15, 0.2) is 42.5 Å². The average Bonchev–Trinajstić information content (AvgIpc) is 2.49. The first-order valence-electron chi connectivity index (χ1n) is 7.64. The average molecular weight is 283 g/mol. The lowest BCUT2D eigenvalue weighted by Crippen LogP contribution is -2.08. The van der Waals surface area contributed by atoms with Gasteiger partial charge >= 0.3 is 0 Å². The SMILES string of the molecule is CCCc1ccc(NC(C)c2cc(C)ccc2OC)cc1. The molecule has 0 saturated carbocycles. The summed E-state index contributed by atoms with van der Waals surface area (Å²) in [6, 6.07) is 15.2. The second kappa shape index (κ2) is 7.16. The highest BCUT2D eigenvalue weighted by molar-refractivity contribution is 5.49. The third kappa shape index (κ3) is 4.01. The molecule has 1 N–H and O–H groups in total. The highest BCUT2D eigenvalue weighted by atomic mass is 16.5. The predicted octanol–water partition coefficient (Wildman–Crippen LogP) is 5.13. The van der Waals surface area contributed by atoms with Crippen molar-refractivity contribution in [2.45, 2.75) is 39.7 Å². The summed E-state index contributed by atoms with van der Waals surface area (Å²) in [6.07, 6.45) is 2.32. The molecule has 2 nitrogen and oxygen atoms in total. The van der Waals surface area contributed by atoms with Crippen molar-refractivity contribution in [2.75, 3.05) is 12.4 Å². The molecule has 0 fully saturated rings. The van der Waals surface area contributed by atoms with E-state index < -0.39 is 0 Å². The van der Waals surface area contributed by atoms with Crippen molar-refractivity contribution in [2.24, 2.45) is 0 Å². The van der Waals surface area contributed by atoms with Crippen molar-refractivity contribution in [1.29, 1.82) is 0 Å². The summed E-state index contributed by atoms with van der Waals surface area (Å²) >= 11 is 0. The number of hydrogen-bond acceptors (Lipinski definition) is 2. The summed E-state index contributed by atoms with van der Waals surface area (Å²) in [6.45, 7) is 6.48. The molecule has 0 radical (unpaired) electrons. The van der Waals surface area contributed by atoms with E-state index in [-0.39, 0.29) is 6.04 Å². The van der Waals surface area contributed by atoms with Crippen molar-refractivity contribution in [3.63, 3.8) is 0 Å². The molecule has 0 aliphatic rings. The van der Waals surface area contributed by atoms with E-state index in [9.17, 15) is 0 Å². The number of benzene rings is 2. The zero-order chi connectivity index (χ0) is 15.2. The Hall–Kier alpha value is -1.96. The number of methoxy groups -OCH3 is 1. The zero-order valence-corrected chi connectivity index (χ0v) is 13.4. The first-order valence-corrected chi connectivity index (χ1v) is 7.64. The maximum atomic E-state index is 5.47. The molecule has 2 aromatic carbocycles. The summed E-state index contributed by atoms with van der Waals surface area (Å²) in [4.78, 5) is 0. The summed E-state index contributed by atoms with van der Waals surface area (Å²) in [5.74, 6) is 0.934. The molecular formula is C19H25NO. The van der Waals surface area contributed by atoms with Gasteiger partial charge in [0, 0.05) is 11.3 Å². The number of nitrogens with one attached hydrogen (secondary N) is 1. The van der Waals surface area contributed by atoms with E-state index in [2.05, 4.69) is 62.5 Å². The lowest BCUT2D eigenvalue weighted by atomic mass is 10.0. The van der Waals surface area contributed by atoms with E-state index in [0.717, 1.165) is 17.9 Å². The minimum Gasteiger partial charge on any atom is -0.496 e. The van der Waals surface area contributed by atoms with Gasteiger partial charge in [-0.15, -0.1) is 0 Å². The number of anilines is 1. The standard InChI is InChI=1S/C19H25NO/c1-5-6-16-8-10-17(11-9-16)20-15(3)18-13-14(2)7-12-19(18)21-4/h7-13,15,20H,5-6H2,1-4H3. The van der Waals surface area contributed by atoms with Gasteiger partial charge < -0.3 is 10.1 Å². The van der Waals surface area contributed by atoms with Gasteiger partial charge in [0.15, 0.2) is 0 Å². The van der Waals surface area contributed by atoms with Crippen LogP contribution in [0.3, 0.4) is 0 Å². The van der Waals surface area contributed by atoms with Crippen LogP contribution in [-0.4, -0.2) is 7.11 Å². The van der Waals surface area contributed by atoms with Crippen LogP contribution >= 0.6 is 0 Å². The van der Waals surface area contributed by atoms with Gasteiger partial charge in [-0.2, -0.15) is 0 Å². The Balaban J connectivity index is 2.13. The quantitative estimate of drug-likeness (QED) is 0.793. The van der Waals surface area contributed by atoms with Gasteiger partial charge in [0.2, 0.25) is 0 Å². The minimum atomic E-state index is 0.205. The second-order valence-corrected chi connectivity index (χ2v) is 5.56. The van der Waals surface area contributed by atoms with Crippen molar-refractivity contribution < 1.29 is 4.74 Å². The number of ether oxygens (including phenoxy) is 1. The number of rotatable bonds is 6. The van der Waals surface area contributed by atoms with Crippen LogP contribution in [0.5, 0.6) is 5.75 Å². The van der Waals surface area contributed by atoms with Gasteiger partial charge in [0.25, 0.3) is 0 Å². The molecule has 2 rings (SSSR count). The molecule has 21 heavy (non-hydrogen) atoms. The van der Waals surface area contributed by atoms with Gasteiger partial charge in [-0.1, -0.05) is 43.2 Å². The maximum Gasteiger partial charge on any atom is 0.124 e. The summed E-state index contributed by atoms with van der Waals surface area (Å²) in [7, 11) is 1.72. The fourth-order valence-electron chi connectivity index (χ4n) is 2.58. The third-order valence-electron chi connectivity index (χ3n) is 3.73. The van der Waals surface area contributed by atoms with Crippen LogP contribution in [0, 0.1) is 6.92 Å². The third-order valence-corrected chi connectivity index (χ3v) is 3.73. The molecule has 0 aliphatic heterocycles. The minimum absolute atomic E-state index is 0.205. The van der Waals surface area contributed by atoms with Crippen LogP contribution < -0.4 is 10.1 Å². The van der Waals surface area contributed by atoms with Gasteiger partial charge in [0.1, 0.15) is 5.75 Å². The largest absolute Gasteiger partial charge is 0.496 e. The fourth-order valence-corrected chi connectivity index (χ4v) is 2.58. The normalized spacial score (nSPS) is 12.0. The van der Waals surface area contributed by atoms with Crippen molar-refractivity contribution in [3.05, 3.63) is 59.2 Å². The Kier molecular flexibility index (Phi) is 5.26. The van der Waals surface area contributed by atoms with E-state index >= 15 is 0 Å². The topological polar surface area (TPSA) is 21.3 Å². The first kappa shape index (κ1) is 15.4. The van der Waals surface area contributed by atoms with E-state index in [1.807, 2.05) is 6.07 Å². The monoisotopic (exact) mass is 283 g/mol. The van der Waals surface area contributed by atoms with Crippen LogP contribution in [0.4, 0.5) is 5.69 Å². The van der Waals surface area contributed by atoms with Gasteiger partial charge in [-0.05, 0) is 44.0 Å². The van der Waals surface area contributed by atoms with Crippen molar-refractivity contribution in [3.8, 4) is 5.75 Å². The Morgan fingerprint density at radius 3 is 2.43 bits per heavy atom. The van der Waals surface area contributed by atoms with Crippen molar-refractivity contribution >= 4 is 5.69 Å². The van der Waals surface area contributed by atoms with Crippen molar-refractivity contribution in [1.82, 2.24) is 0 Å². The van der Waals surface area contributed by atoms with Crippen LogP contribution in [0.1, 0.15) is 43.0 Å². The summed E-state index contributed by atoms with van der Waals surface area (Å²) in [5.41, 5.74) is 4.97. The molecular weight excluding hydrogens is 258 g/mol. The van der Waals surface area contributed by atoms with E-state index in [1.54, 1.807) is 7.11 Å². The summed E-state index contributed by atoms with van der Waals surface area (Å²) in [5, 5.41) is 3.55. The van der Waals surface area contributed by atoms with Gasteiger partial charge in [-0.3, -0.25) is 0 Å². The molecule has 0 spiro atoms. The molecule has 0 bridgehead atoms. The fraction of sp³-hybridized carbons (Fsp3) is 0.368. The molecule has 0 aliphatic carbocycles.